The average Bonchev–Trinajstić information content (AvgIpc) is 3.28. The highest BCUT2D eigenvalue weighted by Crippen LogP contribution is 2.45. The van der Waals surface area contributed by atoms with Crippen molar-refractivity contribution in [2.45, 2.75) is 53.6 Å². The van der Waals surface area contributed by atoms with Crippen molar-refractivity contribution in [1.82, 2.24) is 0 Å². The van der Waals surface area contributed by atoms with Gasteiger partial charge in [-0.3, -0.25) is 0 Å². The Labute approximate surface area is 248 Å². The van der Waals surface area contributed by atoms with Gasteiger partial charge in [0, 0.05) is 11.1 Å². The van der Waals surface area contributed by atoms with Gasteiger partial charge in [0.25, 0.3) is 0 Å². The first-order valence-corrected chi connectivity index (χ1v) is 15.3. The number of rotatable bonds is 7. The molecule has 0 amide bonds. The smallest absolute Gasteiger partial charge is 0.175 e. The number of halogens is 1. The molecule has 3 aromatic carbocycles. The van der Waals surface area contributed by atoms with Gasteiger partial charge >= 0.3 is 0 Å². The molecule has 0 bridgehead atoms. The molecule has 1 aromatic heterocycles. The van der Waals surface area contributed by atoms with Gasteiger partial charge in [0.1, 0.15) is 17.7 Å². The van der Waals surface area contributed by atoms with Crippen LogP contribution in [-0.4, -0.2) is 12.8 Å². The zero-order chi connectivity index (χ0) is 27.6. The highest BCUT2D eigenvalue weighted by Gasteiger charge is 2.32. The molecule has 0 N–H and O–H groups in total. The zero-order valence-corrected chi connectivity index (χ0v) is 25.9. The van der Waals surface area contributed by atoms with Crippen LogP contribution in [0.3, 0.4) is 0 Å². The Kier molecular flexibility index (Phi) is 8.29. The van der Waals surface area contributed by atoms with Crippen molar-refractivity contribution >= 4 is 55.9 Å². The third-order valence-corrected chi connectivity index (χ3v) is 9.46. The number of nitrogens with zero attached hydrogens (tertiary/aromatic N) is 2. The molecule has 200 valence electrons. The summed E-state index contributed by atoms with van der Waals surface area (Å²) in [5.41, 5.74) is 4.27. The largest absolute Gasteiger partial charge is 0.490 e. The lowest BCUT2D eigenvalue weighted by molar-refractivity contribution is 0.218. The minimum Gasteiger partial charge on any atom is -0.490 e. The maximum atomic E-state index is 9.94. The minimum absolute atomic E-state index is 0.266. The number of fused-ring (bicyclic) bond motifs is 2. The SMILES string of the molecule is CCOc1cc(C=Nc2sc3c(c2C#N)CC[C@H](C(C)(C)C)C3)cc(I)c1OCc1cccc2ccccc12. The maximum Gasteiger partial charge on any atom is 0.175 e. The Morgan fingerprint density at radius 3 is 2.69 bits per heavy atom. The van der Waals surface area contributed by atoms with E-state index in [1.807, 2.05) is 19.2 Å². The minimum atomic E-state index is 0.266. The van der Waals surface area contributed by atoms with Gasteiger partial charge in [0.05, 0.1) is 15.7 Å². The molecule has 0 spiro atoms. The summed E-state index contributed by atoms with van der Waals surface area (Å²) in [6.07, 6.45) is 4.96. The molecule has 4 aromatic rings. The second kappa shape index (κ2) is 11.7. The first-order valence-electron chi connectivity index (χ1n) is 13.4. The summed E-state index contributed by atoms with van der Waals surface area (Å²) in [6, 6.07) is 21.1. The number of hydrogen-bond donors (Lipinski definition) is 0. The summed E-state index contributed by atoms with van der Waals surface area (Å²) in [7, 11) is 0. The predicted molar refractivity (Wildman–Crippen MR) is 170 cm³/mol. The summed E-state index contributed by atoms with van der Waals surface area (Å²) >= 11 is 3.98. The number of thiophene rings is 1. The van der Waals surface area contributed by atoms with E-state index < -0.39 is 0 Å². The molecule has 6 heteroatoms. The molecular formula is C33H33IN2O2S. The molecule has 0 saturated carbocycles. The molecule has 5 rings (SSSR count). The third-order valence-electron chi connectivity index (χ3n) is 7.50. The van der Waals surface area contributed by atoms with Crippen molar-refractivity contribution < 1.29 is 9.47 Å². The summed E-state index contributed by atoms with van der Waals surface area (Å²) in [6.45, 7) is 9.90. The molecule has 0 radical (unpaired) electrons. The fraction of sp³-hybridized carbons (Fsp3) is 0.333. The van der Waals surface area contributed by atoms with E-state index in [9.17, 15) is 5.26 Å². The van der Waals surface area contributed by atoms with Crippen LogP contribution in [0.25, 0.3) is 10.8 Å². The molecule has 4 nitrogen and oxygen atoms in total. The van der Waals surface area contributed by atoms with Crippen LogP contribution in [0.2, 0.25) is 0 Å². The van der Waals surface area contributed by atoms with E-state index in [-0.39, 0.29) is 5.41 Å². The number of benzene rings is 3. The van der Waals surface area contributed by atoms with E-state index >= 15 is 0 Å². The summed E-state index contributed by atoms with van der Waals surface area (Å²) in [5.74, 6) is 2.06. The molecule has 1 aliphatic carbocycles. The van der Waals surface area contributed by atoms with Gasteiger partial charge in [-0.05, 0) is 99.7 Å². The van der Waals surface area contributed by atoms with Crippen molar-refractivity contribution in [2.75, 3.05) is 6.61 Å². The van der Waals surface area contributed by atoms with Crippen LogP contribution in [0.4, 0.5) is 5.00 Å². The van der Waals surface area contributed by atoms with Crippen LogP contribution >= 0.6 is 33.9 Å². The van der Waals surface area contributed by atoms with Crippen LogP contribution < -0.4 is 9.47 Å². The predicted octanol–water partition coefficient (Wildman–Crippen LogP) is 9.26. The Morgan fingerprint density at radius 1 is 1.13 bits per heavy atom. The van der Waals surface area contributed by atoms with Gasteiger partial charge < -0.3 is 9.47 Å². The van der Waals surface area contributed by atoms with E-state index in [0.717, 1.165) is 50.3 Å². The highest BCUT2D eigenvalue weighted by molar-refractivity contribution is 14.1. The Bertz CT molecular complexity index is 1570. The molecule has 0 aliphatic heterocycles. The Hall–Kier alpha value is -2.89. The van der Waals surface area contributed by atoms with Crippen LogP contribution in [0, 0.1) is 26.2 Å². The fourth-order valence-electron chi connectivity index (χ4n) is 5.28. The second-order valence-corrected chi connectivity index (χ2v) is 13.3. The fourth-order valence-corrected chi connectivity index (χ4v) is 7.29. The molecule has 1 aliphatic rings. The van der Waals surface area contributed by atoms with Crippen LogP contribution in [-0.2, 0) is 19.4 Å². The third kappa shape index (κ3) is 6.00. The molecule has 1 heterocycles. The first-order chi connectivity index (χ1) is 18.8. The van der Waals surface area contributed by atoms with Crippen molar-refractivity contribution in [2.24, 2.45) is 16.3 Å². The van der Waals surface area contributed by atoms with Crippen molar-refractivity contribution in [1.29, 1.82) is 5.26 Å². The van der Waals surface area contributed by atoms with E-state index in [2.05, 4.69) is 98.0 Å². The van der Waals surface area contributed by atoms with Gasteiger partial charge in [0.2, 0.25) is 0 Å². The summed E-state index contributed by atoms with van der Waals surface area (Å²) < 4.78 is 13.3. The Morgan fingerprint density at radius 2 is 1.92 bits per heavy atom. The standard InChI is InChI=1S/C33H33IN2O2S/c1-5-37-29-16-21(15-28(34)31(29)38-20-23-11-8-10-22-9-6-7-12-25(22)23)19-36-32-27(18-35)26-14-13-24(33(2,3)4)17-30(26)39-32/h6-12,15-16,19,24H,5,13-14,17,20H2,1-4H3/t24-/m0/s1. The molecule has 0 fully saturated rings. The number of nitriles is 1. The van der Waals surface area contributed by atoms with Crippen LogP contribution in [0.1, 0.15) is 61.2 Å². The van der Waals surface area contributed by atoms with Crippen molar-refractivity contribution in [3.63, 3.8) is 0 Å². The first kappa shape index (κ1) is 27.7. The van der Waals surface area contributed by atoms with Crippen molar-refractivity contribution in [3.8, 4) is 17.6 Å². The van der Waals surface area contributed by atoms with Crippen LogP contribution in [0.15, 0.2) is 59.6 Å². The van der Waals surface area contributed by atoms with Gasteiger partial charge in [-0.25, -0.2) is 4.99 Å². The van der Waals surface area contributed by atoms with E-state index in [4.69, 9.17) is 14.5 Å². The normalized spacial score (nSPS) is 15.3. The van der Waals surface area contributed by atoms with E-state index in [1.165, 1.54) is 21.2 Å². The Balaban J connectivity index is 1.40. The van der Waals surface area contributed by atoms with Gasteiger partial charge in [0.15, 0.2) is 11.5 Å². The lowest BCUT2D eigenvalue weighted by Crippen LogP contribution is -2.26. The van der Waals surface area contributed by atoms with Gasteiger partial charge in [-0.15, -0.1) is 11.3 Å². The molecule has 1 atom stereocenters. The van der Waals surface area contributed by atoms with E-state index in [1.54, 1.807) is 11.3 Å². The zero-order valence-electron chi connectivity index (χ0n) is 22.9. The number of aliphatic imine (C=N–C) groups is 1. The highest BCUT2D eigenvalue weighted by atomic mass is 127. The number of ether oxygens (including phenoxy) is 2. The van der Waals surface area contributed by atoms with Gasteiger partial charge in [-0.2, -0.15) is 5.26 Å². The van der Waals surface area contributed by atoms with Gasteiger partial charge in [-0.1, -0.05) is 63.2 Å². The topological polar surface area (TPSA) is 54.6 Å². The van der Waals surface area contributed by atoms with Crippen molar-refractivity contribution in [3.05, 3.63) is 85.3 Å². The monoisotopic (exact) mass is 648 g/mol. The lowest BCUT2D eigenvalue weighted by atomic mass is 9.72. The number of hydrogen-bond acceptors (Lipinski definition) is 5. The summed E-state index contributed by atoms with van der Waals surface area (Å²) in [4.78, 5) is 6.14. The molecular weight excluding hydrogens is 615 g/mol. The van der Waals surface area contributed by atoms with Crippen LogP contribution in [0.5, 0.6) is 11.5 Å². The summed E-state index contributed by atoms with van der Waals surface area (Å²) in [5, 5.41) is 13.1. The quantitative estimate of drug-likeness (QED) is 0.148. The molecule has 39 heavy (non-hydrogen) atoms. The lowest BCUT2D eigenvalue weighted by Gasteiger charge is -2.33. The average molecular weight is 649 g/mol. The second-order valence-electron chi connectivity index (χ2n) is 11.0. The molecule has 0 unspecified atom stereocenters. The van der Waals surface area contributed by atoms with E-state index in [0.29, 0.717) is 24.9 Å². The molecule has 0 saturated heterocycles. The maximum absolute atomic E-state index is 9.94.